The quantitative estimate of drug-likeness (QED) is 0.726. The lowest BCUT2D eigenvalue weighted by atomic mass is 10.1. The van der Waals surface area contributed by atoms with Gasteiger partial charge in [-0.3, -0.25) is 4.79 Å². The number of thiazole rings is 1. The Balaban J connectivity index is 2.12. The van der Waals surface area contributed by atoms with E-state index in [1.807, 2.05) is 45.0 Å². The summed E-state index contributed by atoms with van der Waals surface area (Å²) in [6.45, 7) is 7.29. The van der Waals surface area contributed by atoms with Crippen molar-refractivity contribution in [2.45, 2.75) is 34.1 Å². The SMILES string of the molecule is Cc1cc(C)cc(N(CCC#N)C(=O)COC(=O)c2sc(C)nc2C)c1. The molecule has 0 aliphatic heterocycles. The third kappa shape index (κ3) is 4.90. The number of nitrogens with zero attached hydrogens (tertiary/aromatic N) is 3. The van der Waals surface area contributed by atoms with Crippen molar-refractivity contribution in [3.63, 3.8) is 0 Å². The molecule has 26 heavy (non-hydrogen) atoms. The highest BCUT2D eigenvalue weighted by Crippen LogP contribution is 2.21. The lowest BCUT2D eigenvalue weighted by Crippen LogP contribution is -2.35. The molecule has 1 heterocycles. The number of ether oxygens (including phenoxy) is 1. The Kier molecular flexibility index (Phi) is 6.47. The maximum absolute atomic E-state index is 12.6. The fraction of sp³-hybridized carbons (Fsp3) is 0.368. The first-order valence-corrected chi connectivity index (χ1v) is 9.00. The Morgan fingerprint density at radius 1 is 1.19 bits per heavy atom. The monoisotopic (exact) mass is 371 g/mol. The Hall–Kier alpha value is -2.72. The number of aryl methyl sites for hydroxylation is 4. The lowest BCUT2D eigenvalue weighted by Gasteiger charge is -2.22. The molecule has 136 valence electrons. The first-order chi connectivity index (χ1) is 12.3. The second-order valence-corrected chi connectivity index (χ2v) is 7.23. The van der Waals surface area contributed by atoms with E-state index < -0.39 is 5.97 Å². The van der Waals surface area contributed by atoms with E-state index in [2.05, 4.69) is 4.98 Å². The third-order valence-corrected chi connectivity index (χ3v) is 4.73. The van der Waals surface area contributed by atoms with Crippen LogP contribution in [0.15, 0.2) is 18.2 Å². The minimum absolute atomic E-state index is 0.194. The minimum atomic E-state index is -0.554. The van der Waals surface area contributed by atoms with Crippen LogP contribution in [-0.4, -0.2) is 30.0 Å². The Morgan fingerprint density at radius 2 is 1.85 bits per heavy atom. The third-order valence-electron chi connectivity index (χ3n) is 3.68. The minimum Gasteiger partial charge on any atom is -0.451 e. The summed E-state index contributed by atoms with van der Waals surface area (Å²) < 4.78 is 5.18. The number of amides is 1. The van der Waals surface area contributed by atoms with Gasteiger partial charge in [0.1, 0.15) is 4.88 Å². The van der Waals surface area contributed by atoms with E-state index in [1.165, 1.54) is 16.2 Å². The Morgan fingerprint density at radius 3 is 2.38 bits per heavy atom. The molecule has 0 atom stereocenters. The standard InChI is InChI=1S/C19H21N3O3S/c1-12-8-13(2)10-16(9-12)22(7-5-6-20)17(23)11-25-19(24)18-14(3)21-15(4)26-18/h8-10H,5,7,11H2,1-4H3. The fourth-order valence-corrected chi connectivity index (χ4v) is 3.47. The predicted octanol–water partition coefficient (Wildman–Crippen LogP) is 3.48. The average molecular weight is 371 g/mol. The molecule has 6 nitrogen and oxygen atoms in total. The maximum atomic E-state index is 12.6. The van der Waals surface area contributed by atoms with E-state index >= 15 is 0 Å². The maximum Gasteiger partial charge on any atom is 0.350 e. The summed E-state index contributed by atoms with van der Waals surface area (Å²) in [5.41, 5.74) is 3.33. The van der Waals surface area contributed by atoms with Crippen LogP contribution < -0.4 is 4.90 Å². The molecule has 0 saturated heterocycles. The van der Waals surface area contributed by atoms with Crippen LogP contribution in [0, 0.1) is 39.0 Å². The van der Waals surface area contributed by atoms with Crippen LogP contribution in [-0.2, 0) is 9.53 Å². The number of esters is 1. The summed E-state index contributed by atoms with van der Waals surface area (Å²) in [6.07, 6.45) is 0.194. The van der Waals surface area contributed by atoms with Crippen LogP contribution in [0.4, 0.5) is 5.69 Å². The van der Waals surface area contributed by atoms with Crippen molar-refractivity contribution in [1.29, 1.82) is 5.26 Å². The first kappa shape index (κ1) is 19.6. The van der Waals surface area contributed by atoms with Gasteiger partial charge in [-0.2, -0.15) is 5.26 Å². The summed E-state index contributed by atoms with van der Waals surface area (Å²) in [5, 5.41) is 9.64. The van der Waals surface area contributed by atoms with Gasteiger partial charge in [-0.05, 0) is 51.0 Å². The zero-order valence-corrected chi connectivity index (χ0v) is 16.1. The second-order valence-electron chi connectivity index (χ2n) is 6.02. The van der Waals surface area contributed by atoms with Crippen molar-refractivity contribution >= 4 is 28.9 Å². The molecule has 0 fully saturated rings. The molecule has 0 N–H and O–H groups in total. The molecule has 0 aliphatic rings. The van der Waals surface area contributed by atoms with Crippen LogP contribution in [0.5, 0.6) is 0 Å². The van der Waals surface area contributed by atoms with E-state index in [0.717, 1.165) is 16.1 Å². The molecule has 0 unspecified atom stereocenters. The van der Waals surface area contributed by atoms with Crippen molar-refractivity contribution in [3.8, 4) is 6.07 Å². The van der Waals surface area contributed by atoms with Crippen molar-refractivity contribution in [3.05, 3.63) is 44.9 Å². The van der Waals surface area contributed by atoms with Gasteiger partial charge in [-0.25, -0.2) is 9.78 Å². The van der Waals surface area contributed by atoms with Crippen molar-refractivity contribution in [1.82, 2.24) is 4.98 Å². The van der Waals surface area contributed by atoms with Crippen molar-refractivity contribution in [2.24, 2.45) is 0 Å². The van der Waals surface area contributed by atoms with Gasteiger partial charge in [-0.15, -0.1) is 11.3 Å². The number of nitriles is 1. The predicted molar refractivity (Wildman–Crippen MR) is 100 cm³/mol. The summed E-state index contributed by atoms with van der Waals surface area (Å²) in [5.74, 6) is -0.917. The van der Waals surface area contributed by atoms with Crippen LogP contribution in [0.2, 0.25) is 0 Å². The molecule has 0 bridgehead atoms. The number of carbonyl (C=O) groups is 2. The van der Waals surface area contributed by atoms with Gasteiger partial charge in [0.2, 0.25) is 0 Å². The summed E-state index contributed by atoms with van der Waals surface area (Å²) >= 11 is 1.24. The smallest absolute Gasteiger partial charge is 0.350 e. The van der Waals surface area contributed by atoms with Gasteiger partial charge in [0.05, 0.1) is 23.2 Å². The number of aromatic nitrogens is 1. The molecule has 0 aliphatic carbocycles. The number of benzene rings is 1. The van der Waals surface area contributed by atoms with Gasteiger partial charge in [-0.1, -0.05) is 6.07 Å². The van der Waals surface area contributed by atoms with E-state index in [4.69, 9.17) is 10.00 Å². The molecule has 7 heteroatoms. The largest absolute Gasteiger partial charge is 0.451 e. The zero-order valence-electron chi connectivity index (χ0n) is 15.3. The number of anilines is 1. The van der Waals surface area contributed by atoms with Gasteiger partial charge in [0.25, 0.3) is 5.91 Å². The zero-order chi connectivity index (χ0) is 19.3. The van der Waals surface area contributed by atoms with Gasteiger partial charge in [0.15, 0.2) is 6.61 Å². The van der Waals surface area contributed by atoms with E-state index in [0.29, 0.717) is 16.3 Å². The Labute approximate surface area is 157 Å². The van der Waals surface area contributed by atoms with Crippen LogP contribution in [0.25, 0.3) is 0 Å². The number of hydrogen-bond donors (Lipinski definition) is 0. The molecular weight excluding hydrogens is 350 g/mol. The number of carbonyl (C=O) groups excluding carboxylic acids is 2. The molecule has 0 saturated carbocycles. The Bertz CT molecular complexity index is 847. The fourth-order valence-electron chi connectivity index (χ4n) is 2.66. The van der Waals surface area contributed by atoms with Crippen LogP contribution in [0.3, 0.4) is 0 Å². The topological polar surface area (TPSA) is 83.3 Å². The molecule has 0 spiro atoms. The molecule has 1 amide bonds. The van der Waals surface area contributed by atoms with Crippen molar-refractivity contribution < 1.29 is 14.3 Å². The highest BCUT2D eigenvalue weighted by molar-refractivity contribution is 7.13. The second kappa shape index (κ2) is 8.59. The summed E-state index contributed by atoms with van der Waals surface area (Å²) in [6, 6.07) is 7.80. The average Bonchev–Trinajstić information content (AvgIpc) is 2.90. The van der Waals surface area contributed by atoms with Gasteiger partial charge < -0.3 is 9.64 Å². The van der Waals surface area contributed by atoms with Crippen molar-refractivity contribution in [2.75, 3.05) is 18.1 Å². The highest BCUT2D eigenvalue weighted by atomic mass is 32.1. The highest BCUT2D eigenvalue weighted by Gasteiger charge is 2.21. The van der Waals surface area contributed by atoms with Crippen LogP contribution >= 0.6 is 11.3 Å². The molecule has 0 radical (unpaired) electrons. The van der Waals surface area contributed by atoms with E-state index in [9.17, 15) is 9.59 Å². The molecule has 2 aromatic rings. The van der Waals surface area contributed by atoms with Gasteiger partial charge in [0, 0.05) is 12.2 Å². The summed E-state index contributed by atoms with van der Waals surface area (Å²) in [4.78, 5) is 30.9. The lowest BCUT2D eigenvalue weighted by molar-refractivity contribution is -0.121. The van der Waals surface area contributed by atoms with Crippen LogP contribution in [0.1, 0.15) is 37.9 Å². The van der Waals surface area contributed by atoms with E-state index in [1.54, 1.807) is 6.92 Å². The molecule has 1 aromatic heterocycles. The normalized spacial score (nSPS) is 10.3. The first-order valence-electron chi connectivity index (χ1n) is 8.18. The number of rotatable bonds is 6. The number of hydrogen-bond acceptors (Lipinski definition) is 6. The summed E-state index contributed by atoms with van der Waals surface area (Å²) in [7, 11) is 0. The molecular formula is C19H21N3O3S. The van der Waals surface area contributed by atoms with E-state index in [-0.39, 0.29) is 25.5 Å². The molecule has 1 aromatic carbocycles. The van der Waals surface area contributed by atoms with Gasteiger partial charge >= 0.3 is 5.97 Å². The molecule has 2 rings (SSSR count).